The highest BCUT2D eigenvalue weighted by Gasteiger charge is 2.24. The first-order valence-electron chi connectivity index (χ1n) is 10.3. The summed E-state index contributed by atoms with van der Waals surface area (Å²) in [5.41, 5.74) is 0. The predicted octanol–water partition coefficient (Wildman–Crippen LogP) is -1.51. The number of morpholine rings is 1. The van der Waals surface area contributed by atoms with Gasteiger partial charge in [-0.1, -0.05) is 0 Å². The molecule has 0 aliphatic carbocycles. The Balaban J connectivity index is 1.71. The first-order chi connectivity index (χ1) is 13.9. The molecule has 1 amide bonds. The van der Waals surface area contributed by atoms with Gasteiger partial charge in [-0.05, 0) is 6.92 Å². The lowest BCUT2D eigenvalue weighted by Gasteiger charge is -2.37. The third-order valence-corrected chi connectivity index (χ3v) is 5.73. The van der Waals surface area contributed by atoms with Gasteiger partial charge in [-0.3, -0.25) is 14.7 Å². The fraction of sp³-hybridized carbons (Fsp3) is 0.889. The highest BCUT2D eigenvalue weighted by atomic mass is 32.2. The third-order valence-electron chi connectivity index (χ3n) is 4.83. The maximum Gasteiger partial charge on any atom is 0.236 e. The van der Waals surface area contributed by atoms with E-state index in [9.17, 15) is 13.2 Å². The Bertz CT molecular complexity index is 629. The number of rotatable bonds is 9. The highest BCUT2D eigenvalue weighted by molar-refractivity contribution is 7.90. The molecular weight excluding hydrogens is 398 g/mol. The van der Waals surface area contributed by atoms with Crippen LogP contribution >= 0.6 is 0 Å². The summed E-state index contributed by atoms with van der Waals surface area (Å²) in [4.78, 5) is 23.2. The average Bonchev–Trinajstić information content (AvgIpc) is 2.70. The van der Waals surface area contributed by atoms with E-state index in [4.69, 9.17) is 9.47 Å². The summed E-state index contributed by atoms with van der Waals surface area (Å²) in [7, 11) is -2.99. The van der Waals surface area contributed by atoms with E-state index in [2.05, 4.69) is 20.1 Å². The van der Waals surface area contributed by atoms with E-state index in [1.165, 1.54) is 6.26 Å². The lowest BCUT2D eigenvalue weighted by molar-refractivity contribution is -0.136. The maximum atomic E-state index is 12.4. The smallest absolute Gasteiger partial charge is 0.236 e. The Morgan fingerprint density at radius 3 is 2.38 bits per heavy atom. The van der Waals surface area contributed by atoms with Gasteiger partial charge in [-0.25, -0.2) is 8.42 Å². The average molecular weight is 434 g/mol. The molecule has 11 heteroatoms. The zero-order valence-corrected chi connectivity index (χ0v) is 18.5. The summed E-state index contributed by atoms with van der Waals surface area (Å²) < 4.78 is 32.8. The van der Waals surface area contributed by atoms with Gasteiger partial charge in [0.15, 0.2) is 5.96 Å². The van der Waals surface area contributed by atoms with E-state index in [0.717, 1.165) is 38.7 Å². The van der Waals surface area contributed by atoms with Crippen molar-refractivity contribution in [2.75, 3.05) is 97.3 Å². The molecule has 2 fully saturated rings. The predicted molar refractivity (Wildman–Crippen MR) is 112 cm³/mol. The minimum atomic E-state index is -2.99. The molecule has 0 atom stereocenters. The fourth-order valence-corrected chi connectivity index (χ4v) is 3.60. The van der Waals surface area contributed by atoms with Crippen LogP contribution in [0.5, 0.6) is 0 Å². The summed E-state index contributed by atoms with van der Waals surface area (Å²) in [6, 6.07) is 0. The number of aliphatic imine (C=N–C) groups is 1. The number of sulfone groups is 1. The molecule has 0 unspecified atom stereocenters. The van der Waals surface area contributed by atoms with Gasteiger partial charge in [0.05, 0.1) is 45.3 Å². The van der Waals surface area contributed by atoms with Crippen molar-refractivity contribution >= 4 is 21.7 Å². The second-order valence-corrected chi connectivity index (χ2v) is 9.49. The Kier molecular flexibility index (Phi) is 10.1. The SMILES string of the molecule is CCNC(=NCCOCCS(C)(=O)=O)N1CCN(CC(=O)N2CCOCC2)CC1. The van der Waals surface area contributed by atoms with Crippen molar-refractivity contribution in [3.05, 3.63) is 0 Å². The van der Waals surface area contributed by atoms with E-state index in [1.807, 2.05) is 11.8 Å². The molecule has 1 N–H and O–H groups in total. The van der Waals surface area contributed by atoms with Crippen LogP contribution in [0.2, 0.25) is 0 Å². The number of piperazine rings is 1. The monoisotopic (exact) mass is 433 g/mol. The summed E-state index contributed by atoms with van der Waals surface area (Å²) in [5.74, 6) is 1.04. The van der Waals surface area contributed by atoms with Crippen molar-refractivity contribution in [3.63, 3.8) is 0 Å². The molecule has 0 saturated carbocycles. The van der Waals surface area contributed by atoms with Gasteiger partial charge < -0.3 is 24.6 Å². The van der Waals surface area contributed by atoms with Gasteiger partial charge in [0.1, 0.15) is 9.84 Å². The largest absolute Gasteiger partial charge is 0.378 e. The molecular formula is C18H35N5O5S. The van der Waals surface area contributed by atoms with E-state index in [-0.39, 0.29) is 18.3 Å². The molecule has 2 aliphatic heterocycles. The quantitative estimate of drug-likeness (QED) is 0.266. The Labute approximate surface area is 174 Å². The normalized spacial score (nSPS) is 19.4. The Morgan fingerprint density at radius 2 is 1.76 bits per heavy atom. The molecule has 2 rings (SSSR count). The third kappa shape index (κ3) is 9.28. The van der Waals surface area contributed by atoms with Crippen LogP contribution in [0, 0.1) is 0 Å². The molecule has 0 aromatic rings. The van der Waals surface area contributed by atoms with Crippen molar-refractivity contribution in [1.29, 1.82) is 0 Å². The van der Waals surface area contributed by atoms with Crippen LogP contribution in [0.25, 0.3) is 0 Å². The van der Waals surface area contributed by atoms with Crippen LogP contribution in [0.3, 0.4) is 0 Å². The lowest BCUT2D eigenvalue weighted by Crippen LogP contribution is -2.55. The molecule has 168 valence electrons. The molecule has 0 spiro atoms. The molecule has 0 bridgehead atoms. The highest BCUT2D eigenvalue weighted by Crippen LogP contribution is 2.05. The van der Waals surface area contributed by atoms with E-state index in [1.54, 1.807) is 0 Å². The van der Waals surface area contributed by atoms with Crippen molar-refractivity contribution < 1.29 is 22.7 Å². The summed E-state index contributed by atoms with van der Waals surface area (Å²) in [6.45, 7) is 10.1. The number of nitrogens with one attached hydrogen (secondary N) is 1. The van der Waals surface area contributed by atoms with Crippen molar-refractivity contribution in [2.45, 2.75) is 6.92 Å². The number of hydrogen-bond donors (Lipinski definition) is 1. The zero-order valence-electron chi connectivity index (χ0n) is 17.6. The van der Waals surface area contributed by atoms with Gasteiger partial charge in [0.2, 0.25) is 5.91 Å². The van der Waals surface area contributed by atoms with Crippen molar-refractivity contribution in [3.8, 4) is 0 Å². The first-order valence-corrected chi connectivity index (χ1v) is 12.3. The van der Waals surface area contributed by atoms with Gasteiger partial charge in [-0.15, -0.1) is 0 Å². The molecule has 0 aromatic carbocycles. The number of guanidine groups is 1. The van der Waals surface area contributed by atoms with Crippen LogP contribution in [-0.4, -0.2) is 132 Å². The standard InChI is InChI=1S/C18H35N5O5S/c1-3-19-18(20-4-11-27-14-15-29(2,25)26)23-7-5-21(6-8-23)16-17(24)22-9-12-28-13-10-22/h3-16H2,1-2H3,(H,19,20). The minimum Gasteiger partial charge on any atom is -0.378 e. The van der Waals surface area contributed by atoms with Gasteiger partial charge in [0.25, 0.3) is 0 Å². The fourth-order valence-electron chi connectivity index (χ4n) is 3.18. The molecule has 29 heavy (non-hydrogen) atoms. The minimum absolute atomic E-state index is 0.0297. The van der Waals surface area contributed by atoms with Crippen molar-refractivity contribution in [2.24, 2.45) is 4.99 Å². The van der Waals surface area contributed by atoms with Crippen LogP contribution in [0.4, 0.5) is 0 Å². The summed E-state index contributed by atoms with van der Waals surface area (Å²) in [6.07, 6.45) is 1.20. The summed E-state index contributed by atoms with van der Waals surface area (Å²) in [5, 5.41) is 3.29. The van der Waals surface area contributed by atoms with E-state index < -0.39 is 9.84 Å². The van der Waals surface area contributed by atoms with Crippen LogP contribution in [0.15, 0.2) is 4.99 Å². The van der Waals surface area contributed by atoms with Crippen LogP contribution in [0.1, 0.15) is 6.92 Å². The molecule has 2 saturated heterocycles. The topological polar surface area (TPSA) is 104 Å². The lowest BCUT2D eigenvalue weighted by atomic mass is 10.3. The molecule has 10 nitrogen and oxygen atoms in total. The molecule has 0 aromatic heterocycles. The van der Waals surface area contributed by atoms with Crippen LogP contribution in [-0.2, 0) is 24.1 Å². The molecule has 2 aliphatic rings. The van der Waals surface area contributed by atoms with Crippen LogP contribution < -0.4 is 5.32 Å². The van der Waals surface area contributed by atoms with Gasteiger partial charge in [-0.2, -0.15) is 0 Å². The summed E-state index contributed by atoms with van der Waals surface area (Å²) >= 11 is 0. The second kappa shape index (κ2) is 12.3. The first kappa shape index (κ1) is 23.8. The van der Waals surface area contributed by atoms with E-state index >= 15 is 0 Å². The number of ether oxygens (including phenoxy) is 2. The number of carbonyl (C=O) groups is 1. The number of amides is 1. The Morgan fingerprint density at radius 1 is 1.07 bits per heavy atom. The molecule has 0 radical (unpaired) electrons. The number of nitrogens with zero attached hydrogens (tertiary/aromatic N) is 4. The van der Waals surface area contributed by atoms with E-state index in [0.29, 0.717) is 46.0 Å². The number of carbonyl (C=O) groups excluding carboxylic acids is 1. The molecule has 2 heterocycles. The van der Waals surface area contributed by atoms with Crippen molar-refractivity contribution in [1.82, 2.24) is 20.0 Å². The van der Waals surface area contributed by atoms with Gasteiger partial charge in [0, 0.05) is 52.1 Å². The Hall–Kier alpha value is -1.43. The zero-order chi connectivity index (χ0) is 21.1. The van der Waals surface area contributed by atoms with Gasteiger partial charge >= 0.3 is 0 Å². The number of hydrogen-bond acceptors (Lipinski definition) is 7. The second-order valence-electron chi connectivity index (χ2n) is 7.23. The maximum absolute atomic E-state index is 12.4.